The molecule has 0 aromatic heterocycles. The minimum atomic E-state index is 0.119. The molecule has 0 aromatic rings. The van der Waals surface area contributed by atoms with Gasteiger partial charge in [0.25, 0.3) is 0 Å². The van der Waals surface area contributed by atoms with Gasteiger partial charge in [0.15, 0.2) is 0 Å². The minimum Gasteiger partial charge on any atom is -0.345 e. The number of carbonyl (C=O) groups is 1. The van der Waals surface area contributed by atoms with Gasteiger partial charge in [0.1, 0.15) is 0 Å². The SMILES string of the molecule is C[B]C#CCNC(=O)CCCCCCSSC. The van der Waals surface area contributed by atoms with E-state index in [0.29, 0.717) is 13.0 Å². The third-order valence-electron chi connectivity index (χ3n) is 2.12. The fraction of sp³-hybridized carbons (Fsp3) is 0.750. The summed E-state index contributed by atoms with van der Waals surface area (Å²) in [6.45, 7) is 2.34. The molecule has 0 aromatic carbocycles. The standard InChI is InChI=1S/C12H21BNOS2/c1-13-9-7-10-14-12(15)8-5-3-4-6-11-17-16-2/h3-6,8,10-11H2,1-2H3,(H,14,15). The smallest absolute Gasteiger partial charge is 0.220 e. The molecule has 0 saturated carbocycles. The van der Waals surface area contributed by atoms with E-state index in [1.165, 1.54) is 18.6 Å². The van der Waals surface area contributed by atoms with Crippen molar-refractivity contribution in [2.45, 2.75) is 38.9 Å². The molecule has 0 atom stereocenters. The molecule has 5 heteroatoms. The number of unbranched alkanes of at least 4 members (excludes halogenated alkanes) is 3. The second kappa shape index (κ2) is 13.9. The van der Waals surface area contributed by atoms with Crippen LogP contribution in [-0.2, 0) is 4.79 Å². The first-order valence-electron chi connectivity index (χ1n) is 5.99. The Kier molecular flexibility index (Phi) is 13.7. The molecule has 0 saturated heterocycles. The molecule has 0 rings (SSSR count). The van der Waals surface area contributed by atoms with Crippen LogP contribution in [0, 0.1) is 11.7 Å². The lowest BCUT2D eigenvalue weighted by atomic mass is 9.84. The number of hydrogen-bond donors (Lipinski definition) is 1. The molecule has 1 amide bonds. The highest BCUT2D eigenvalue weighted by molar-refractivity contribution is 8.76. The lowest BCUT2D eigenvalue weighted by Crippen LogP contribution is -2.23. The minimum absolute atomic E-state index is 0.119. The van der Waals surface area contributed by atoms with Gasteiger partial charge in [-0.05, 0) is 19.1 Å². The van der Waals surface area contributed by atoms with Crippen molar-refractivity contribution < 1.29 is 4.79 Å². The first kappa shape index (κ1) is 16.8. The summed E-state index contributed by atoms with van der Waals surface area (Å²) in [7, 11) is 5.50. The van der Waals surface area contributed by atoms with E-state index < -0.39 is 0 Å². The van der Waals surface area contributed by atoms with Crippen LogP contribution in [0.5, 0.6) is 0 Å². The second-order valence-corrected chi connectivity index (χ2v) is 6.22. The number of hydrogen-bond acceptors (Lipinski definition) is 3. The van der Waals surface area contributed by atoms with Crippen molar-refractivity contribution in [3.63, 3.8) is 0 Å². The van der Waals surface area contributed by atoms with Crippen LogP contribution in [0.4, 0.5) is 0 Å². The number of carbonyl (C=O) groups excluding carboxylic acids is 1. The zero-order chi connectivity index (χ0) is 12.8. The Morgan fingerprint density at radius 1 is 1.29 bits per heavy atom. The van der Waals surface area contributed by atoms with Gasteiger partial charge in [-0.2, -0.15) is 5.82 Å². The van der Waals surface area contributed by atoms with Gasteiger partial charge in [-0.1, -0.05) is 47.2 Å². The van der Waals surface area contributed by atoms with Crippen LogP contribution >= 0.6 is 21.6 Å². The molecule has 0 aliphatic rings. The van der Waals surface area contributed by atoms with Gasteiger partial charge in [0.2, 0.25) is 13.2 Å². The van der Waals surface area contributed by atoms with Crippen LogP contribution in [0.15, 0.2) is 0 Å². The molecule has 1 N–H and O–H groups in total. The number of nitrogens with one attached hydrogen (secondary N) is 1. The molecule has 0 aliphatic carbocycles. The van der Waals surface area contributed by atoms with Gasteiger partial charge in [-0.3, -0.25) is 4.79 Å². The highest BCUT2D eigenvalue weighted by Gasteiger charge is 1.98. The molecule has 0 unspecified atom stereocenters. The summed E-state index contributed by atoms with van der Waals surface area (Å²) >= 11 is 0. The summed E-state index contributed by atoms with van der Waals surface area (Å²) in [5, 5.41) is 2.79. The summed E-state index contributed by atoms with van der Waals surface area (Å²) < 4.78 is 0. The van der Waals surface area contributed by atoms with E-state index in [1.54, 1.807) is 7.28 Å². The summed E-state index contributed by atoms with van der Waals surface area (Å²) in [5.74, 6) is 6.99. The molecule has 0 fully saturated rings. The Morgan fingerprint density at radius 2 is 2.06 bits per heavy atom. The number of amides is 1. The first-order chi connectivity index (χ1) is 8.31. The molecular formula is C12H21BNOS2. The van der Waals surface area contributed by atoms with Crippen LogP contribution < -0.4 is 5.32 Å². The Hall–Kier alpha value is -0.205. The molecule has 0 aliphatic heterocycles. The van der Waals surface area contributed by atoms with Gasteiger partial charge in [0, 0.05) is 12.2 Å². The molecule has 2 nitrogen and oxygen atoms in total. The van der Waals surface area contributed by atoms with Crippen LogP contribution in [0.25, 0.3) is 0 Å². The third-order valence-corrected chi connectivity index (χ3v) is 4.02. The van der Waals surface area contributed by atoms with Gasteiger partial charge in [0.05, 0.1) is 6.54 Å². The van der Waals surface area contributed by atoms with E-state index in [-0.39, 0.29) is 5.91 Å². The highest BCUT2D eigenvalue weighted by atomic mass is 33.1. The van der Waals surface area contributed by atoms with Crippen molar-refractivity contribution in [1.29, 1.82) is 0 Å². The largest absolute Gasteiger partial charge is 0.345 e. The summed E-state index contributed by atoms with van der Waals surface area (Å²) in [4.78, 5) is 11.3. The van der Waals surface area contributed by atoms with E-state index >= 15 is 0 Å². The predicted octanol–water partition coefficient (Wildman–Crippen LogP) is 2.78. The molecule has 0 bridgehead atoms. The normalized spacial score (nSPS) is 9.29. The van der Waals surface area contributed by atoms with E-state index in [2.05, 4.69) is 23.3 Å². The van der Waals surface area contributed by atoms with Crippen LogP contribution in [0.3, 0.4) is 0 Å². The molecule has 17 heavy (non-hydrogen) atoms. The average molecular weight is 270 g/mol. The zero-order valence-corrected chi connectivity index (χ0v) is 12.4. The molecule has 0 heterocycles. The Morgan fingerprint density at radius 3 is 2.76 bits per heavy atom. The van der Waals surface area contributed by atoms with Crippen molar-refractivity contribution in [2.75, 3.05) is 18.6 Å². The highest BCUT2D eigenvalue weighted by Crippen LogP contribution is 2.18. The van der Waals surface area contributed by atoms with Crippen LogP contribution in [0.2, 0.25) is 6.82 Å². The quantitative estimate of drug-likeness (QED) is 0.302. The van der Waals surface area contributed by atoms with Gasteiger partial charge >= 0.3 is 0 Å². The van der Waals surface area contributed by atoms with E-state index in [0.717, 1.165) is 12.8 Å². The third kappa shape index (κ3) is 13.7. The Bertz CT molecular complexity index is 251. The van der Waals surface area contributed by atoms with E-state index in [4.69, 9.17) is 0 Å². The monoisotopic (exact) mass is 270 g/mol. The lowest BCUT2D eigenvalue weighted by molar-refractivity contribution is -0.120. The summed E-state index contributed by atoms with van der Waals surface area (Å²) in [6, 6.07) is 0. The maximum absolute atomic E-state index is 11.3. The summed E-state index contributed by atoms with van der Waals surface area (Å²) in [5.41, 5.74) is 0. The fourth-order valence-corrected chi connectivity index (χ4v) is 2.61. The molecule has 95 valence electrons. The second-order valence-electron chi connectivity index (χ2n) is 3.54. The topological polar surface area (TPSA) is 29.1 Å². The van der Waals surface area contributed by atoms with Gasteiger partial charge < -0.3 is 5.32 Å². The van der Waals surface area contributed by atoms with Crippen molar-refractivity contribution in [2.24, 2.45) is 0 Å². The van der Waals surface area contributed by atoms with Crippen LogP contribution in [-0.4, -0.2) is 31.7 Å². The maximum atomic E-state index is 11.3. The molecule has 1 radical (unpaired) electrons. The first-order valence-corrected chi connectivity index (χ1v) is 8.72. The van der Waals surface area contributed by atoms with Gasteiger partial charge in [-0.15, -0.1) is 0 Å². The lowest BCUT2D eigenvalue weighted by Gasteiger charge is -2.01. The maximum Gasteiger partial charge on any atom is 0.220 e. The Labute approximate surface area is 114 Å². The van der Waals surface area contributed by atoms with Gasteiger partial charge in [-0.25, -0.2) is 0 Å². The van der Waals surface area contributed by atoms with Crippen LogP contribution in [0.1, 0.15) is 32.1 Å². The fourth-order valence-electron chi connectivity index (χ4n) is 1.27. The predicted molar refractivity (Wildman–Crippen MR) is 81.5 cm³/mol. The van der Waals surface area contributed by atoms with E-state index in [1.807, 2.05) is 28.4 Å². The van der Waals surface area contributed by atoms with Crippen molar-refractivity contribution >= 4 is 34.8 Å². The van der Waals surface area contributed by atoms with Crippen molar-refractivity contribution in [1.82, 2.24) is 5.32 Å². The van der Waals surface area contributed by atoms with Crippen molar-refractivity contribution in [3.05, 3.63) is 0 Å². The average Bonchev–Trinajstić information content (AvgIpc) is 2.33. The van der Waals surface area contributed by atoms with E-state index in [9.17, 15) is 4.79 Å². The molecule has 0 spiro atoms. The Balaban J connectivity index is 3.22. The number of rotatable bonds is 9. The summed E-state index contributed by atoms with van der Waals surface area (Å²) in [6.07, 6.45) is 7.36. The molecular weight excluding hydrogens is 249 g/mol. The van der Waals surface area contributed by atoms with Crippen molar-refractivity contribution in [3.8, 4) is 11.7 Å². The zero-order valence-electron chi connectivity index (χ0n) is 10.8.